The third-order valence-electron chi connectivity index (χ3n) is 5.47. The molecule has 9 nitrogen and oxygen atoms in total. The van der Waals surface area contributed by atoms with Crippen LogP contribution in [0.5, 0.6) is 11.5 Å². The molecule has 13 heteroatoms. The summed E-state index contributed by atoms with van der Waals surface area (Å²) < 4.78 is 52.2. The van der Waals surface area contributed by atoms with Crippen LogP contribution in [0.3, 0.4) is 0 Å². The van der Waals surface area contributed by atoms with Crippen LogP contribution in [0, 0.1) is 3.57 Å². The first-order valence-electron chi connectivity index (χ1n) is 11.4. The normalized spacial score (nSPS) is 19.9. The average Bonchev–Trinajstić information content (AvgIpc) is 2.85. The fourth-order valence-corrected chi connectivity index (χ4v) is 4.55. The lowest BCUT2D eigenvalue weighted by Crippen LogP contribution is -2.56. The molecule has 4 N–H and O–H groups in total. The van der Waals surface area contributed by atoms with Crippen LogP contribution in [-0.4, -0.2) is 83.3 Å². The largest absolute Gasteiger partial charge is 0.493 e. The van der Waals surface area contributed by atoms with Gasteiger partial charge < -0.3 is 35.0 Å². The highest BCUT2D eigenvalue weighted by atomic mass is 127. The van der Waals surface area contributed by atoms with Crippen LogP contribution in [0.2, 0.25) is 0 Å². The van der Waals surface area contributed by atoms with Gasteiger partial charge >= 0.3 is 6.18 Å². The van der Waals surface area contributed by atoms with Crippen LogP contribution in [0.25, 0.3) is 0 Å². The second-order valence-corrected chi connectivity index (χ2v) is 9.34. The Labute approximate surface area is 226 Å². The zero-order valence-electron chi connectivity index (χ0n) is 20.3. The molecule has 2 rings (SSSR count). The molecule has 1 aromatic carbocycles. The Hall–Kier alpha value is -2.36. The van der Waals surface area contributed by atoms with Gasteiger partial charge in [0.2, 0.25) is 11.8 Å². The average molecular weight is 642 g/mol. The predicted octanol–water partition coefficient (Wildman–Crippen LogP) is 2.06. The molecular formula is C24H30F3IN2O7. The summed E-state index contributed by atoms with van der Waals surface area (Å²) in [7, 11) is 1.35. The van der Waals surface area contributed by atoms with E-state index in [9.17, 15) is 33.0 Å². The first-order chi connectivity index (χ1) is 17.4. The summed E-state index contributed by atoms with van der Waals surface area (Å²) in [6.07, 6.45) is -4.05. The minimum atomic E-state index is -4.77. The van der Waals surface area contributed by atoms with Gasteiger partial charge in [0.1, 0.15) is 18.8 Å². The summed E-state index contributed by atoms with van der Waals surface area (Å²) in [5.74, 6) is -1.33. The Morgan fingerprint density at radius 3 is 2.57 bits per heavy atom. The molecule has 1 aromatic rings. The number of rotatable bonds is 11. The molecule has 1 aliphatic carbocycles. The van der Waals surface area contributed by atoms with Gasteiger partial charge in [0.25, 0.3) is 0 Å². The van der Waals surface area contributed by atoms with Gasteiger partial charge in [-0.15, -0.1) is 0 Å². The molecule has 2 amide bonds. The van der Waals surface area contributed by atoms with Crippen molar-refractivity contribution >= 4 is 34.4 Å². The molecule has 0 aromatic heterocycles. The fraction of sp³-hybridized carbons (Fsp3) is 0.500. The van der Waals surface area contributed by atoms with Crippen molar-refractivity contribution in [1.29, 1.82) is 0 Å². The van der Waals surface area contributed by atoms with E-state index in [4.69, 9.17) is 14.6 Å². The Kier molecular flexibility index (Phi) is 11.7. The number of nitrogens with zero attached hydrogens (tertiary/aromatic N) is 1. The van der Waals surface area contributed by atoms with E-state index in [1.54, 1.807) is 13.0 Å². The van der Waals surface area contributed by atoms with Crippen molar-refractivity contribution in [3.05, 3.63) is 45.1 Å². The summed E-state index contributed by atoms with van der Waals surface area (Å²) in [4.78, 5) is 25.9. The van der Waals surface area contributed by atoms with Gasteiger partial charge in [0.15, 0.2) is 11.5 Å². The quantitative estimate of drug-likeness (QED) is 0.215. The lowest BCUT2D eigenvalue weighted by molar-refractivity contribution is -0.169. The smallest absolute Gasteiger partial charge is 0.406 e. The van der Waals surface area contributed by atoms with Crippen molar-refractivity contribution in [3.8, 4) is 11.5 Å². The number of alkyl halides is 3. The molecule has 0 saturated heterocycles. The van der Waals surface area contributed by atoms with Gasteiger partial charge in [-0.05, 0) is 58.9 Å². The molecule has 0 saturated carbocycles. The molecule has 0 heterocycles. The second kappa shape index (κ2) is 14.0. The van der Waals surface area contributed by atoms with Crippen molar-refractivity contribution in [2.45, 2.75) is 50.8 Å². The Balaban J connectivity index is 2.55. The Morgan fingerprint density at radius 2 is 2.00 bits per heavy atom. The second-order valence-electron chi connectivity index (χ2n) is 8.18. The number of amides is 2. The molecule has 3 atom stereocenters. The highest BCUT2D eigenvalue weighted by Crippen LogP contribution is 2.37. The Morgan fingerprint density at radius 1 is 1.30 bits per heavy atom. The maximum Gasteiger partial charge on any atom is 0.406 e. The molecule has 0 spiro atoms. The van der Waals surface area contributed by atoms with E-state index >= 15 is 0 Å². The number of hydrogen-bond donors (Lipinski definition) is 4. The molecule has 0 fully saturated rings. The van der Waals surface area contributed by atoms with Crippen LogP contribution in [0.15, 0.2) is 35.9 Å². The van der Waals surface area contributed by atoms with Crippen LogP contribution in [-0.2, 0) is 16.2 Å². The summed E-state index contributed by atoms with van der Waals surface area (Å²) in [5.41, 5.74) is 0.495. The lowest BCUT2D eigenvalue weighted by atomic mass is 9.88. The van der Waals surface area contributed by atoms with Crippen molar-refractivity contribution in [3.63, 3.8) is 0 Å². The summed E-state index contributed by atoms with van der Waals surface area (Å²) >= 11 is 1.91. The molecule has 206 valence electrons. The number of hydrogen-bond acceptors (Lipinski definition) is 7. The van der Waals surface area contributed by atoms with Gasteiger partial charge in [0.05, 0.1) is 29.9 Å². The third-order valence-corrected chi connectivity index (χ3v) is 6.27. The number of nitrogens with one attached hydrogen (secondary N) is 1. The maximum absolute atomic E-state index is 13.5. The van der Waals surface area contributed by atoms with Gasteiger partial charge in [-0.1, -0.05) is 13.0 Å². The summed E-state index contributed by atoms with van der Waals surface area (Å²) in [5, 5.41) is 32.1. The number of carbonyl (C=O) groups is 2. The van der Waals surface area contributed by atoms with Gasteiger partial charge in [-0.2, -0.15) is 13.2 Å². The molecule has 0 aliphatic heterocycles. The zero-order chi connectivity index (χ0) is 27.8. The van der Waals surface area contributed by atoms with Gasteiger partial charge in [-0.25, -0.2) is 0 Å². The van der Waals surface area contributed by atoms with Crippen LogP contribution < -0.4 is 14.8 Å². The standard InChI is InChI=1S/C24H30F3IN2O7/c1-3-4-5-20(33)30(13-24(25,26)27)17-10-15(23(35)29-6-7-31)11-18(21(17)34)37-22-16(28)8-14(12-32)9-19(22)36-2/h4-5,8-9,11,17-18,21,31-32,34H,3,6-7,10,12-13H2,1-2H3,(H,29,35)/t17-,18+,21+/m1/s1. The van der Waals surface area contributed by atoms with Crippen molar-refractivity contribution in [1.82, 2.24) is 10.2 Å². The van der Waals surface area contributed by atoms with E-state index in [2.05, 4.69) is 5.32 Å². The monoisotopic (exact) mass is 642 g/mol. The molecule has 1 aliphatic rings. The fourth-order valence-electron chi connectivity index (χ4n) is 3.76. The summed E-state index contributed by atoms with van der Waals surface area (Å²) in [6.45, 7) is -0.687. The number of aliphatic hydroxyl groups excluding tert-OH is 3. The number of methoxy groups -OCH3 is 1. The SMILES string of the molecule is CCC=CC(=O)N(CC(F)(F)F)[C@@H]1CC(C(=O)NCCO)=C[C@H](Oc2c(I)cc(CO)cc2OC)[C@H]1O. The number of halogens is 4. The van der Waals surface area contributed by atoms with Crippen molar-refractivity contribution < 1.29 is 47.6 Å². The number of allylic oxidation sites excluding steroid dienone is 1. The number of ether oxygens (including phenoxy) is 2. The van der Waals surface area contributed by atoms with E-state index < -0.39 is 42.8 Å². The van der Waals surface area contributed by atoms with Crippen LogP contribution >= 0.6 is 22.6 Å². The highest BCUT2D eigenvalue weighted by Gasteiger charge is 2.44. The van der Waals surface area contributed by atoms with Crippen LogP contribution in [0.1, 0.15) is 25.3 Å². The Bertz CT molecular complexity index is 1020. The first-order valence-corrected chi connectivity index (χ1v) is 12.5. The van der Waals surface area contributed by atoms with Crippen LogP contribution in [0.4, 0.5) is 13.2 Å². The van der Waals surface area contributed by atoms with E-state index in [0.29, 0.717) is 20.5 Å². The molecule has 0 radical (unpaired) electrons. The first kappa shape index (κ1) is 30.9. The third kappa shape index (κ3) is 8.58. The van der Waals surface area contributed by atoms with Crippen molar-refractivity contribution in [2.75, 3.05) is 26.8 Å². The zero-order valence-corrected chi connectivity index (χ0v) is 22.5. The molecule has 37 heavy (non-hydrogen) atoms. The minimum Gasteiger partial charge on any atom is -0.493 e. The molecule has 0 bridgehead atoms. The molecular weight excluding hydrogens is 612 g/mol. The number of aliphatic hydroxyl groups is 3. The lowest BCUT2D eigenvalue weighted by Gasteiger charge is -2.40. The van der Waals surface area contributed by atoms with E-state index in [1.165, 1.54) is 25.3 Å². The van der Waals surface area contributed by atoms with E-state index in [-0.39, 0.29) is 43.3 Å². The van der Waals surface area contributed by atoms with Crippen molar-refractivity contribution in [2.24, 2.45) is 0 Å². The van der Waals surface area contributed by atoms with E-state index in [1.807, 2.05) is 22.6 Å². The van der Waals surface area contributed by atoms with E-state index in [0.717, 1.165) is 6.08 Å². The van der Waals surface area contributed by atoms with Gasteiger partial charge in [0, 0.05) is 18.5 Å². The highest BCUT2D eigenvalue weighted by molar-refractivity contribution is 14.1. The number of benzene rings is 1. The topological polar surface area (TPSA) is 129 Å². The van der Waals surface area contributed by atoms with Gasteiger partial charge in [-0.3, -0.25) is 9.59 Å². The maximum atomic E-state index is 13.5. The predicted molar refractivity (Wildman–Crippen MR) is 136 cm³/mol. The number of carbonyl (C=O) groups excluding carboxylic acids is 2. The molecule has 0 unspecified atom stereocenters. The minimum absolute atomic E-state index is 0.0193. The summed E-state index contributed by atoms with van der Waals surface area (Å²) in [6, 6.07) is 1.64.